The smallest absolute Gasteiger partial charge is 0.320 e. The van der Waals surface area contributed by atoms with Crippen LogP contribution in [0, 0.1) is 18.3 Å². The second-order valence-electron chi connectivity index (χ2n) is 3.69. The summed E-state index contributed by atoms with van der Waals surface area (Å²) in [7, 11) is 0. The minimum atomic E-state index is -0.869. The number of aliphatic carboxylic acids is 1. The van der Waals surface area contributed by atoms with Crippen molar-refractivity contribution in [3.63, 3.8) is 0 Å². The van der Waals surface area contributed by atoms with Gasteiger partial charge in [-0.25, -0.2) is 0 Å². The summed E-state index contributed by atoms with van der Waals surface area (Å²) in [6.07, 6.45) is 0. The molecule has 0 unspecified atom stereocenters. The molecule has 0 aromatic heterocycles. The van der Waals surface area contributed by atoms with Crippen LogP contribution in [0.2, 0.25) is 0 Å². The molecule has 0 aliphatic heterocycles. The van der Waals surface area contributed by atoms with Crippen LogP contribution in [0.1, 0.15) is 23.6 Å². The fourth-order valence-corrected chi connectivity index (χ4v) is 1.31. The molecule has 0 aliphatic carbocycles. The van der Waals surface area contributed by atoms with Crippen molar-refractivity contribution in [2.45, 2.75) is 26.4 Å². The van der Waals surface area contributed by atoms with E-state index < -0.39 is 12.0 Å². The number of rotatable bonds is 4. The summed E-state index contributed by atoms with van der Waals surface area (Å²) in [6.45, 7) is 4.00. The third-order valence-electron chi connectivity index (χ3n) is 2.44. The SMILES string of the molecule is Cc1cc(C#N)ccc1CN[C@@H](C)C(=O)O. The van der Waals surface area contributed by atoms with Crippen molar-refractivity contribution in [1.29, 1.82) is 5.26 Å². The average molecular weight is 218 g/mol. The fourth-order valence-electron chi connectivity index (χ4n) is 1.31. The van der Waals surface area contributed by atoms with Gasteiger partial charge in [0.15, 0.2) is 0 Å². The predicted molar refractivity (Wildman–Crippen MR) is 59.8 cm³/mol. The van der Waals surface area contributed by atoms with Crippen LogP contribution in [0.4, 0.5) is 0 Å². The second kappa shape index (κ2) is 5.29. The molecule has 0 bridgehead atoms. The maximum Gasteiger partial charge on any atom is 0.320 e. The number of nitrogens with zero attached hydrogens (tertiary/aromatic N) is 1. The first-order valence-electron chi connectivity index (χ1n) is 5.00. The lowest BCUT2D eigenvalue weighted by atomic mass is 10.1. The molecule has 84 valence electrons. The summed E-state index contributed by atoms with van der Waals surface area (Å²) in [4.78, 5) is 10.6. The van der Waals surface area contributed by atoms with E-state index in [9.17, 15) is 4.79 Å². The van der Waals surface area contributed by atoms with Crippen LogP contribution < -0.4 is 5.32 Å². The Bertz CT molecular complexity index is 435. The Balaban J connectivity index is 2.69. The molecule has 1 atom stereocenters. The third kappa shape index (κ3) is 3.07. The fraction of sp³-hybridized carbons (Fsp3) is 0.333. The van der Waals surface area contributed by atoms with Crippen molar-refractivity contribution in [2.24, 2.45) is 0 Å². The topological polar surface area (TPSA) is 73.1 Å². The molecule has 0 fully saturated rings. The van der Waals surface area contributed by atoms with Gasteiger partial charge in [0.05, 0.1) is 11.6 Å². The molecular weight excluding hydrogens is 204 g/mol. The van der Waals surface area contributed by atoms with Gasteiger partial charge in [-0.05, 0) is 37.1 Å². The molecule has 2 N–H and O–H groups in total. The van der Waals surface area contributed by atoms with E-state index >= 15 is 0 Å². The highest BCUT2D eigenvalue weighted by molar-refractivity contribution is 5.72. The first-order valence-corrected chi connectivity index (χ1v) is 5.00. The maximum atomic E-state index is 10.6. The first kappa shape index (κ1) is 12.2. The standard InChI is InChI=1S/C12H14N2O2/c1-8-5-10(6-13)3-4-11(8)7-14-9(2)12(15)16/h3-5,9,14H,7H2,1-2H3,(H,15,16)/t9-/m0/s1. The molecule has 0 saturated heterocycles. The highest BCUT2D eigenvalue weighted by Gasteiger charge is 2.09. The van der Waals surface area contributed by atoms with E-state index in [0.717, 1.165) is 11.1 Å². The third-order valence-corrected chi connectivity index (χ3v) is 2.44. The number of nitriles is 1. The van der Waals surface area contributed by atoms with Gasteiger partial charge in [0.1, 0.15) is 6.04 Å². The molecular formula is C12H14N2O2. The van der Waals surface area contributed by atoms with Crippen LogP contribution in [-0.4, -0.2) is 17.1 Å². The van der Waals surface area contributed by atoms with E-state index in [0.29, 0.717) is 12.1 Å². The van der Waals surface area contributed by atoms with Crippen LogP contribution in [0.15, 0.2) is 18.2 Å². The molecule has 0 heterocycles. The van der Waals surface area contributed by atoms with Gasteiger partial charge in [-0.2, -0.15) is 5.26 Å². The van der Waals surface area contributed by atoms with Crippen molar-refractivity contribution in [3.8, 4) is 6.07 Å². The second-order valence-corrected chi connectivity index (χ2v) is 3.69. The summed E-state index contributed by atoms with van der Waals surface area (Å²) >= 11 is 0. The molecule has 1 aromatic rings. The number of aryl methyl sites for hydroxylation is 1. The zero-order chi connectivity index (χ0) is 12.1. The van der Waals surface area contributed by atoms with Crippen LogP contribution in [-0.2, 0) is 11.3 Å². The van der Waals surface area contributed by atoms with Gasteiger partial charge in [0, 0.05) is 6.54 Å². The lowest BCUT2D eigenvalue weighted by Gasteiger charge is -2.11. The minimum absolute atomic E-state index is 0.491. The molecule has 16 heavy (non-hydrogen) atoms. The molecule has 0 spiro atoms. The monoisotopic (exact) mass is 218 g/mol. The van der Waals surface area contributed by atoms with Crippen molar-refractivity contribution in [1.82, 2.24) is 5.32 Å². The summed E-state index contributed by atoms with van der Waals surface area (Å²) in [5.74, 6) is -0.869. The Morgan fingerprint density at radius 2 is 2.31 bits per heavy atom. The van der Waals surface area contributed by atoms with Gasteiger partial charge in [0.2, 0.25) is 0 Å². The Labute approximate surface area is 94.5 Å². The van der Waals surface area contributed by atoms with Gasteiger partial charge in [-0.3, -0.25) is 4.79 Å². The molecule has 4 heteroatoms. The molecule has 0 aliphatic rings. The number of carboxylic acid groups (broad SMARTS) is 1. The van der Waals surface area contributed by atoms with Gasteiger partial charge < -0.3 is 10.4 Å². The maximum absolute atomic E-state index is 10.6. The van der Waals surface area contributed by atoms with Gasteiger partial charge >= 0.3 is 5.97 Å². The number of hydrogen-bond acceptors (Lipinski definition) is 3. The average Bonchev–Trinajstić information content (AvgIpc) is 2.26. The lowest BCUT2D eigenvalue weighted by molar-refractivity contribution is -0.139. The van der Waals surface area contributed by atoms with Crippen molar-refractivity contribution in [3.05, 3.63) is 34.9 Å². The van der Waals surface area contributed by atoms with Gasteiger partial charge in [-0.15, -0.1) is 0 Å². The molecule has 1 rings (SSSR count). The number of carbonyl (C=O) groups is 1. The van der Waals surface area contributed by atoms with Gasteiger partial charge in [-0.1, -0.05) is 6.07 Å². The highest BCUT2D eigenvalue weighted by atomic mass is 16.4. The quantitative estimate of drug-likeness (QED) is 0.801. The Kier molecular flexibility index (Phi) is 4.03. The van der Waals surface area contributed by atoms with Crippen LogP contribution in [0.5, 0.6) is 0 Å². The van der Waals surface area contributed by atoms with Crippen molar-refractivity contribution in [2.75, 3.05) is 0 Å². The molecule has 0 saturated carbocycles. The number of nitrogens with one attached hydrogen (secondary N) is 1. The lowest BCUT2D eigenvalue weighted by Crippen LogP contribution is -2.33. The largest absolute Gasteiger partial charge is 0.480 e. The zero-order valence-electron chi connectivity index (χ0n) is 9.32. The van der Waals surface area contributed by atoms with E-state index in [1.165, 1.54) is 0 Å². The van der Waals surface area contributed by atoms with Gasteiger partial charge in [0.25, 0.3) is 0 Å². The van der Waals surface area contributed by atoms with Crippen LogP contribution in [0.3, 0.4) is 0 Å². The Morgan fingerprint density at radius 3 is 2.81 bits per heavy atom. The molecule has 0 radical (unpaired) electrons. The van der Waals surface area contributed by atoms with E-state index in [4.69, 9.17) is 10.4 Å². The Hall–Kier alpha value is -1.86. The van der Waals surface area contributed by atoms with E-state index in [-0.39, 0.29) is 0 Å². The summed E-state index contributed by atoms with van der Waals surface area (Å²) in [6, 6.07) is 6.86. The zero-order valence-corrected chi connectivity index (χ0v) is 9.32. The van der Waals surface area contributed by atoms with Crippen molar-refractivity contribution < 1.29 is 9.90 Å². The van der Waals surface area contributed by atoms with Crippen LogP contribution in [0.25, 0.3) is 0 Å². The highest BCUT2D eigenvalue weighted by Crippen LogP contribution is 2.10. The first-order chi connectivity index (χ1) is 7.54. The molecule has 0 amide bonds. The summed E-state index contributed by atoms with van der Waals surface area (Å²) in [5.41, 5.74) is 2.61. The minimum Gasteiger partial charge on any atom is -0.480 e. The van der Waals surface area contributed by atoms with E-state index in [2.05, 4.69) is 11.4 Å². The van der Waals surface area contributed by atoms with E-state index in [1.807, 2.05) is 13.0 Å². The number of carboxylic acids is 1. The van der Waals surface area contributed by atoms with Crippen molar-refractivity contribution >= 4 is 5.97 Å². The number of benzene rings is 1. The molecule has 1 aromatic carbocycles. The van der Waals surface area contributed by atoms with E-state index in [1.54, 1.807) is 19.1 Å². The summed E-state index contributed by atoms with van der Waals surface area (Å²) in [5, 5.41) is 20.3. The predicted octanol–water partition coefficient (Wildman–Crippen LogP) is 1.43. The summed E-state index contributed by atoms with van der Waals surface area (Å²) < 4.78 is 0. The molecule has 4 nitrogen and oxygen atoms in total. The number of hydrogen-bond donors (Lipinski definition) is 2. The van der Waals surface area contributed by atoms with Crippen LogP contribution >= 0.6 is 0 Å². The normalized spacial score (nSPS) is 11.8. The Morgan fingerprint density at radius 1 is 1.62 bits per heavy atom.